The predicted molar refractivity (Wildman–Crippen MR) is 61.1 cm³/mol. The average molecular weight is 227 g/mol. The Morgan fingerprint density at radius 2 is 2.27 bits per heavy atom. The van der Waals surface area contributed by atoms with Gasteiger partial charge in [-0.05, 0) is 32.4 Å². The lowest BCUT2D eigenvalue weighted by molar-refractivity contribution is 0.0933. The molecule has 1 aromatic heterocycles. The van der Waals surface area contributed by atoms with Gasteiger partial charge in [0.05, 0.1) is 0 Å². The molecule has 1 aromatic rings. The molecule has 15 heavy (non-hydrogen) atoms. The van der Waals surface area contributed by atoms with Gasteiger partial charge < -0.3 is 5.32 Å². The highest BCUT2D eigenvalue weighted by Crippen LogP contribution is 2.04. The second-order valence-corrected chi connectivity index (χ2v) is 4.35. The van der Waals surface area contributed by atoms with Crippen LogP contribution in [0.2, 0.25) is 0 Å². The number of hydrogen-bond donors (Lipinski definition) is 1. The number of nitrogens with one attached hydrogen (secondary N) is 1. The number of rotatable bonds is 4. The zero-order valence-electron chi connectivity index (χ0n) is 8.90. The minimum absolute atomic E-state index is 0.0593. The molecule has 0 saturated heterocycles. The molecule has 0 aromatic carbocycles. The summed E-state index contributed by atoms with van der Waals surface area (Å²) in [6.07, 6.45) is 2.35. The summed E-state index contributed by atoms with van der Waals surface area (Å²) in [7, 11) is 0. The number of alkyl halides is 1. The van der Waals surface area contributed by atoms with Crippen LogP contribution in [0.15, 0.2) is 24.4 Å². The Hall–Kier alpha value is -1.09. The van der Waals surface area contributed by atoms with Crippen LogP contribution in [0.3, 0.4) is 0 Å². The zero-order valence-corrected chi connectivity index (χ0v) is 9.66. The number of hydrogen-bond acceptors (Lipinski definition) is 2. The highest BCUT2D eigenvalue weighted by Gasteiger charge is 2.11. The van der Waals surface area contributed by atoms with Gasteiger partial charge in [0, 0.05) is 17.6 Å². The third kappa shape index (κ3) is 4.30. The van der Waals surface area contributed by atoms with Crippen molar-refractivity contribution in [1.29, 1.82) is 0 Å². The summed E-state index contributed by atoms with van der Waals surface area (Å²) in [6.45, 7) is 3.84. The summed E-state index contributed by atoms with van der Waals surface area (Å²) in [5.41, 5.74) is 0.437. The van der Waals surface area contributed by atoms with Gasteiger partial charge in [0.2, 0.25) is 0 Å². The molecule has 0 radical (unpaired) electrons. The molecule has 0 bridgehead atoms. The molecule has 1 N–H and O–H groups in total. The molecule has 2 atom stereocenters. The maximum Gasteiger partial charge on any atom is 0.270 e. The largest absolute Gasteiger partial charge is 0.348 e. The van der Waals surface area contributed by atoms with E-state index in [9.17, 15) is 4.79 Å². The first-order valence-electron chi connectivity index (χ1n) is 4.95. The molecule has 4 heteroatoms. The molecule has 0 fully saturated rings. The molecular weight excluding hydrogens is 212 g/mol. The van der Waals surface area contributed by atoms with E-state index in [0.29, 0.717) is 5.69 Å². The van der Waals surface area contributed by atoms with Crippen LogP contribution < -0.4 is 5.32 Å². The standard InChI is InChI=1S/C11H15ClN2O/c1-8(12)7-9(2)14-11(15)10-5-3-4-6-13-10/h3-6,8-9H,7H2,1-2H3,(H,14,15). The predicted octanol–water partition coefficient (Wildman–Crippen LogP) is 2.22. The van der Waals surface area contributed by atoms with Gasteiger partial charge in [0.1, 0.15) is 5.69 Å². The summed E-state index contributed by atoms with van der Waals surface area (Å²) in [5.74, 6) is -0.152. The van der Waals surface area contributed by atoms with Crippen LogP contribution >= 0.6 is 11.6 Å². The van der Waals surface area contributed by atoms with Gasteiger partial charge in [-0.2, -0.15) is 0 Å². The lowest BCUT2D eigenvalue weighted by Gasteiger charge is -2.14. The molecule has 1 amide bonds. The molecule has 0 spiro atoms. The van der Waals surface area contributed by atoms with E-state index in [1.54, 1.807) is 24.4 Å². The monoisotopic (exact) mass is 226 g/mol. The number of nitrogens with zero attached hydrogens (tertiary/aromatic N) is 1. The highest BCUT2D eigenvalue weighted by atomic mass is 35.5. The van der Waals surface area contributed by atoms with Crippen LogP contribution in [0.5, 0.6) is 0 Å². The molecule has 0 aliphatic carbocycles. The van der Waals surface area contributed by atoms with Crippen LogP contribution in [-0.2, 0) is 0 Å². The SMILES string of the molecule is CC(Cl)CC(C)NC(=O)c1ccccn1. The van der Waals surface area contributed by atoms with Gasteiger partial charge >= 0.3 is 0 Å². The average Bonchev–Trinajstić information content (AvgIpc) is 2.17. The fourth-order valence-electron chi connectivity index (χ4n) is 1.34. The number of carbonyl (C=O) groups is 1. The summed E-state index contributed by atoms with van der Waals surface area (Å²) in [6, 6.07) is 5.32. The normalized spacial score (nSPS) is 14.3. The maximum absolute atomic E-state index is 11.6. The van der Waals surface area contributed by atoms with E-state index >= 15 is 0 Å². The number of amides is 1. The van der Waals surface area contributed by atoms with E-state index in [1.807, 2.05) is 13.8 Å². The third-order valence-electron chi connectivity index (χ3n) is 1.95. The number of halogens is 1. The second-order valence-electron chi connectivity index (χ2n) is 3.61. The Bertz CT molecular complexity index is 314. The van der Waals surface area contributed by atoms with E-state index in [2.05, 4.69) is 10.3 Å². The Labute approximate surface area is 94.9 Å². The summed E-state index contributed by atoms with van der Waals surface area (Å²) >= 11 is 5.84. The molecule has 0 aliphatic rings. The van der Waals surface area contributed by atoms with Gasteiger partial charge in [-0.3, -0.25) is 9.78 Å². The van der Waals surface area contributed by atoms with E-state index in [4.69, 9.17) is 11.6 Å². The van der Waals surface area contributed by atoms with Crippen molar-refractivity contribution < 1.29 is 4.79 Å². The fourth-order valence-corrected chi connectivity index (χ4v) is 1.61. The molecule has 1 rings (SSSR count). The first-order valence-corrected chi connectivity index (χ1v) is 5.39. The second kappa shape index (κ2) is 5.71. The molecule has 2 unspecified atom stereocenters. The van der Waals surface area contributed by atoms with Crippen LogP contribution in [0, 0.1) is 0 Å². The van der Waals surface area contributed by atoms with Crippen molar-refractivity contribution in [3.05, 3.63) is 30.1 Å². The van der Waals surface area contributed by atoms with Gasteiger partial charge in [0.15, 0.2) is 0 Å². The number of aromatic nitrogens is 1. The van der Waals surface area contributed by atoms with E-state index in [1.165, 1.54) is 0 Å². The first kappa shape index (κ1) is 12.0. The van der Waals surface area contributed by atoms with Gasteiger partial charge in [0.25, 0.3) is 5.91 Å². The Morgan fingerprint density at radius 1 is 1.53 bits per heavy atom. The zero-order chi connectivity index (χ0) is 11.3. The topological polar surface area (TPSA) is 42.0 Å². The lowest BCUT2D eigenvalue weighted by Crippen LogP contribution is -2.34. The highest BCUT2D eigenvalue weighted by molar-refractivity contribution is 6.20. The van der Waals surface area contributed by atoms with Gasteiger partial charge in [-0.15, -0.1) is 11.6 Å². The summed E-state index contributed by atoms with van der Waals surface area (Å²) in [4.78, 5) is 15.6. The molecular formula is C11H15ClN2O. The van der Waals surface area contributed by atoms with Crippen LogP contribution in [0.4, 0.5) is 0 Å². The maximum atomic E-state index is 11.6. The first-order chi connectivity index (χ1) is 7.09. The lowest BCUT2D eigenvalue weighted by atomic mass is 10.2. The van der Waals surface area contributed by atoms with Crippen molar-refractivity contribution >= 4 is 17.5 Å². The molecule has 3 nitrogen and oxygen atoms in total. The van der Waals surface area contributed by atoms with Gasteiger partial charge in [-0.25, -0.2) is 0 Å². The molecule has 82 valence electrons. The van der Waals surface area contributed by atoms with E-state index in [-0.39, 0.29) is 17.3 Å². The number of pyridine rings is 1. The van der Waals surface area contributed by atoms with E-state index < -0.39 is 0 Å². The van der Waals surface area contributed by atoms with Gasteiger partial charge in [-0.1, -0.05) is 6.07 Å². The van der Waals surface area contributed by atoms with Crippen molar-refractivity contribution in [3.63, 3.8) is 0 Å². The Morgan fingerprint density at radius 3 is 2.80 bits per heavy atom. The van der Waals surface area contributed by atoms with Crippen molar-refractivity contribution in [2.24, 2.45) is 0 Å². The molecule has 0 aliphatic heterocycles. The third-order valence-corrected chi connectivity index (χ3v) is 2.13. The Balaban J connectivity index is 2.49. The number of carbonyl (C=O) groups excluding carboxylic acids is 1. The molecule has 0 saturated carbocycles. The Kier molecular flexibility index (Phi) is 4.56. The fraction of sp³-hybridized carbons (Fsp3) is 0.455. The van der Waals surface area contributed by atoms with E-state index in [0.717, 1.165) is 6.42 Å². The van der Waals surface area contributed by atoms with Crippen molar-refractivity contribution in [3.8, 4) is 0 Å². The van der Waals surface area contributed by atoms with Crippen LogP contribution in [-0.4, -0.2) is 22.3 Å². The summed E-state index contributed by atoms with van der Waals surface area (Å²) < 4.78 is 0. The van der Waals surface area contributed by atoms with Crippen LogP contribution in [0.1, 0.15) is 30.8 Å². The quantitative estimate of drug-likeness (QED) is 0.800. The van der Waals surface area contributed by atoms with Crippen molar-refractivity contribution in [2.75, 3.05) is 0 Å². The van der Waals surface area contributed by atoms with Crippen molar-refractivity contribution in [2.45, 2.75) is 31.7 Å². The van der Waals surface area contributed by atoms with Crippen molar-refractivity contribution in [1.82, 2.24) is 10.3 Å². The smallest absolute Gasteiger partial charge is 0.270 e. The van der Waals surface area contributed by atoms with Crippen LogP contribution in [0.25, 0.3) is 0 Å². The minimum Gasteiger partial charge on any atom is -0.348 e. The minimum atomic E-state index is -0.152. The molecule has 1 heterocycles. The summed E-state index contributed by atoms with van der Waals surface area (Å²) in [5, 5.41) is 2.90.